The van der Waals surface area contributed by atoms with Gasteiger partial charge >= 0.3 is 0 Å². The van der Waals surface area contributed by atoms with Gasteiger partial charge in [-0.2, -0.15) is 0 Å². The molecule has 4 rings (SSSR count). The van der Waals surface area contributed by atoms with Crippen molar-refractivity contribution in [1.29, 1.82) is 0 Å². The number of nitrogens with zero attached hydrogens (tertiary/aromatic N) is 3. The molecule has 134 valence electrons. The van der Waals surface area contributed by atoms with Crippen molar-refractivity contribution in [2.24, 2.45) is 4.99 Å². The molecule has 1 atom stereocenters. The maximum Gasteiger partial charge on any atom is 0.153 e. The van der Waals surface area contributed by atoms with Crippen molar-refractivity contribution >= 4 is 28.6 Å². The summed E-state index contributed by atoms with van der Waals surface area (Å²) < 4.78 is 0. The van der Waals surface area contributed by atoms with E-state index in [1.165, 1.54) is 11.1 Å². The molecule has 0 spiro atoms. The SMILES string of the molecule is CC1=NCCC(C)=C1c1cncc(N2CCc3cc(Cl)ccc3C2O)c1. The summed E-state index contributed by atoms with van der Waals surface area (Å²) >= 11 is 6.09. The van der Waals surface area contributed by atoms with E-state index in [9.17, 15) is 5.11 Å². The van der Waals surface area contributed by atoms with Crippen molar-refractivity contribution in [1.82, 2.24) is 4.98 Å². The van der Waals surface area contributed by atoms with Crippen LogP contribution in [0, 0.1) is 0 Å². The lowest BCUT2D eigenvalue weighted by molar-refractivity contribution is 0.164. The molecule has 2 aliphatic heterocycles. The van der Waals surface area contributed by atoms with E-state index in [1.807, 2.05) is 35.5 Å². The van der Waals surface area contributed by atoms with E-state index < -0.39 is 6.23 Å². The highest BCUT2D eigenvalue weighted by Gasteiger charge is 2.26. The van der Waals surface area contributed by atoms with Crippen LogP contribution in [-0.2, 0) is 6.42 Å². The molecule has 0 bridgehead atoms. The first-order valence-electron chi connectivity index (χ1n) is 8.94. The summed E-state index contributed by atoms with van der Waals surface area (Å²) in [6, 6.07) is 7.80. The average Bonchev–Trinajstić information content (AvgIpc) is 2.62. The molecule has 1 aromatic heterocycles. The fourth-order valence-corrected chi connectivity index (χ4v) is 4.12. The normalized spacial score (nSPS) is 20.1. The number of benzene rings is 1. The van der Waals surface area contributed by atoms with Gasteiger partial charge in [-0.05, 0) is 50.5 Å². The highest BCUT2D eigenvalue weighted by Crippen LogP contribution is 2.35. The number of aliphatic imine (C=N–C) groups is 1. The first kappa shape index (κ1) is 17.3. The molecule has 0 saturated heterocycles. The van der Waals surface area contributed by atoms with E-state index in [4.69, 9.17) is 11.6 Å². The second-order valence-electron chi connectivity index (χ2n) is 6.96. The lowest BCUT2D eigenvalue weighted by Gasteiger charge is -2.35. The fourth-order valence-electron chi connectivity index (χ4n) is 3.93. The summed E-state index contributed by atoms with van der Waals surface area (Å²) in [6.07, 6.45) is 4.84. The van der Waals surface area contributed by atoms with Crippen LogP contribution in [0.4, 0.5) is 5.69 Å². The van der Waals surface area contributed by atoms with Gasteiger partial charge in [-0.1, -0.05) is 23.2 Å². The van der Waals surface area contributed by atoms with Crippen LogP contribution in [-0.4, -0.2) is 28.9 Å². The molecule has 0 radical (unpaired) electrons. The van der Waals surface area contributed by atoms with Crippen LogP contribution in [0.25, 0.3) is 5.57 Å². The summed E-state index contributed by atoms with van der Waals surface area (Å²) in [6.45, 7) is 5.81. The maximum absolute atomic E-state index is 10.9. The second kappa shape index (κ2) is 6.86. The van der Waals surface area contributed by atoms with Crippen LogP contribution in [0.3, 0.4) is 0 Å². The third kappa shape index (κ3) is 3.04. The van der Waals surface area contributed by atoms with Crippen LogP contribution in [0.15, 0.2) is 47.2 Å². The Balaban J connectivity index is 1.70. The minimum absolute atomic E-state index is 0.690. The highest BCUT2D eigenvalue weighted by atomic mass is 35.5. The molecule has 4 nitrogen and oxygen atoms in total. The number of anilines is 1. The van der Waals surface area contributed by atoms with Gasteiger partial charge in [-0.3, -0.25) is 9.98 Å². The third-order valence-electron chi connectivity index (χ3n) is 5.27. The van der Waals surface area contributed by atoms with E-state index in [0.717, 1.165) is 54.0 Å². The zero-order valence-electron chi connectivity index (χ0n) is 15.0. The fraction of sp³-hybridized carbons (Fsp3) is 0.333. The Labute approximate surface area is 158 Å². The average molecular weight is 368 g/mol. The maximum atomic E-state index is 10.9. The monoisotopic (exact) mass is 367 g/mol. The third-order valence-corrected chi connectivity index (χ3v) is 5.50. The summed E-state index contributed by atoms with van der Waals surface area (Å²) in [5.41, 5.74) is 7.60. The minimum Gasteiger partial charge on any atom is -0.369 e. The van der Waals surface area contributed by atoms with Gasteiger partial charge in [0.1, 0.15) is 0 Å². The molecule has 3 heterocycles. The highest BCUT2D eigenvalue weighted by molar-refractivity contribution is 6.30. The van der Waals surface area contributed by atoms with Gasteiger partial charge in [0.05, 0.1) is 11.9 Å². The topological polar surface area (TPSA) is 48.7 Å². The van der Waals surface area contributed by atoms with Crippen LogP contribution in [0.1, 0.15) is 43.2 Å². The zero-order valence-corrected chi connectivity index (χ0v) is 15.8. The summed E-state index contributed by atoms with van der Waals surface area (Å²) in [7, 11) is 0. The summed E-state index contributed by atoms with van der Waals surface area (Å²) in [5.74, 6) is 0. The Bertz CT molecular complexity index is 919. The quantitative estimate of drug-likeness (QED) is 0.854. The first-order chi connectivity index (χ1) is 12.5. The summed E-state index contributed by atoms with van der Waals surface area (Å²) in [4.78, 5) is 11.0. The Hall–Kier alpha value is -2.17. The Morgan fingerprint density at radius 1 is 1.15 bits per heavy atom. The van der Waals surface area contributed by atoms with Gasteiger partial charge in [0.25, 0.3) is 0 Å². The Morgan fingerprint density at radius 2 is 2.00 bits per heavy atom. The number of rotatable bonds is 2. The molecule has 0 saturated carbocycles. The van der Waals surface area contributed by atoms with Crippen LogP contribution in [0.2, 0.25) is 5.02 Å². The molecule has 1 aromatic carbocycles. The lowest BCUT2D eigenvalue weighted by Crippen LogP contribution is -2.35. The number of aromatic nitrogens is 1. The Kier molecular flexibility index (Phi) is 4.55. The molecule has 26 heavy (non-hydrogen) atoms. The second-order valence-corrected chi connectivity index (χ2v) is 7.40. The molecule has 0 amide bonds. The predicted octanol–water partition coefficient (Wildman–Crippen LogP) is 4.43. The molecule has 5 heteroatoms. The van der Waals surface area contributed by atoms with Crippen molar-refractivity contribution in [2.45, 2.75) is 32.9 Å². The number of dihydropyridines is 1. The van der Waals surface area contributed by atoms with E-state index in [2.05, 4.69) is 29.9 Å². The van der Waals surface area contributed by atoms with Crippen molar-refractivity contribution in [2.75, 3.05) is 18.0 Å². The summed E-state index contributed by atoms with van der Waals surface area (Å²) in [5, 5.41) is 11.6. The van der Waals surface area contributed by atoms with Gasteiger partial charge in [-0.15, -0.1) is 0 Å². The predicted molar refractivity (Wildman–Crippen MR) is 107 cm³/mol. The van der Waals surface area contributed by atoms with E-state index >= 15 is 0 Å². The van der Waals surface area contributed by atoms with Crippen LogP contribution < -0.4 is 4.90 Å². The van der Waals surface area contributed by atoms with Crippen molar-refractivity contribution < 1.29 is 5.11 Å². The largest absolute Gasteiger partial charge is 0.369 e. The molecule has 2 aliphatic rings. The number of hydrogen-bond donors (Lipinski definition) is 1. The van der Waals surface area contributed by atoms with Crippen molar-refractivity contribution in [3.8, 4) is 0 Å². The number of hydrogen-bond acceptors (Lipinski definition) is 4. The molecular weight excluding hydrogens is 346 g/mol. The number of fused-ring (bicyclic) bond motifs is 1. The van der Waals surface area contributed by atoms with Crippen LogP contribution in [0.5, 0.6) is 0 Å². The van der Waals surface area contributed by atoms with E-state index in [1.54, 1.807) is 0 Å². The zero-order chi connectivity index (χ0) is 18.3. The molecule has 1 unspecified atom stereocenters. The van der Waals surface area contributed by atoms with Crippen molar-refractivity contribution in [3.63, 3.8) is 0 Å². The molecule has 0 fully saturated rings. The van der Waals surface area contributed by atoms with Gasteiger partial charge in [0.15, 0.2) is 6.23 Å². The standard InChI is InChI=1S/C21H22ClN3O/c1-13-5-7-24-14(2)20(13)16-10-18(12-23-11-16)25-8-6-15-9-17(22)3-4-19(15)21(25)26/h3-4,9-12,21,26H,5-8H2,1-2H3. The molecule has 1 N–H and O–H groups in total. The molecule has 2 aromatic rings. The van der Waals surface area contributed by atoms with E-state index in [0.29, 0.717) is 5.02 Å². The van der Waals surface area contributed by atoms with Gasteiger partial charge < -0.3 is 10.0 Å². The number of aliphatic hydroxyl groups is 1. The minimum atomic E-state index is -0.690. The number of aliphatic hydroxyl groups excluding tert-OH is 1. The van der Waals surface area contributed by atoms with Gasteiger partial charge in [0, 0.05) is 46.7 Å². The molecular formula is C21H22ClN3O. The van der Waals surface area contributed by atoms with Gasteiger partial charge in [-0.25, -0.2) is 0 Å². The van der Waals surface area contributed by atoms with E-state index in [-0.39, 0.29) is 0 Å². The number of pyridine rings is 1. The number of halogens is 1. The lowest BCUT2D eigenvalue weighted by atomic mass is 9.93. The van der Waals surface area contributed by atoms with Crippen LogP contribution >= 0.6 is 11.6 Å². The molecule has 0 aliphatic carbocycles. The number of allylic oxidation sites excluding steroid dienone is 1. The van der Waals surface area contributed by atoms with Crippen molar-refractivity contribution in [3.05, 3.63) is 63.9 Å². The smallest absolute Gasteiger partial charge is 0.153 e. The van der Waals surface area contributed by atoms with Gasteiger partial charge in [0.2, 0.25) is 0 Å². The Morgan fingerprint density at radius 3 is 2.81 bits per heavy atom. The first-order valence-corrected chi connectivity index (χ1v) is 9.32.